The number of rotatable bonds is 4. The molecule has 0 spiro atoms. The number of nitrogens with two attached hydrogens (primary N) is 1. The van der Waals surface area contributed by atoms with Gasteiger partial charge < -0.3 is 20.5 Å². The number of H-pyrrole nitrogens is 1. The molecule has 3 N–H and O–H groups in total. The van der Waals surface area contributed by atoms with Gasteiger partial charge in [0.05, 0.1) is 23.3 Å². The van der Waals surface area contributed by atoms with Gasteiger partial charge in [-0.15, -0.1) is 0 Å². The smallest absolute Gasteiger partial charge is 0.326 e. The van der Waals surface area contributed by atoms with E-state index >= 15 is 0 Å². The van der Waals surface area contributed by atoms with Crippen LogP contribution in [0.5, 0.6) is 0 Å². The minimum atomic E-state index is -0.264. The molecule has 0 radical (unpaired) electrons. The Bertz CT molecular complexity index is 1220. The van der Waals surface area contributed by atoms with Crippen molar-refractivity contribution in [3.05, 3.63) is 61.4 Å². The Balaban J connectivity index is 1.39. The van der Waals surface area contributed by atoms with E-state index in [4.69, 9.17) is 5.73 Å². The summed E-state index contributed by atoms with van der Waals surface area (Å²) in [5.74, 6) is -0.376. The van der Waals surface area contributed by atoms with Crippen LogP contribution in [0.2, 0.25) is 0 Å². The van der Waals surface area contributed by atoms with Gasteiger partial charge in [0.1, 0.15) is 0 Å². The Morgan fingerprint density at radius 3 is 2.44 bits per heavy atom. The first-order valence-corrected chi connectivity index (χ1v) is 11.8. The number of hydrogen-bond donors (Lipinski definition) is 2. The van der Waals surface area contributed by atoms with E-state index in [-0.39, 0.29) is 30.1 Å². The van der Waals surface area contributed by atoms with Crippen LogP contribution in [0, 0.1) is 0 Å². The van der Waals surface area contributed by atoms with Gasteiger partial charge in [0.25, 0.3) is 5.91 Å². The first-order chi connectivity index (χ1) is 15.3. The molecule has 1 aromatic heterocycles. The highest BCUT2D eigenvalue weighted by Crippen LogP contribution is 2.30. The average Bonchev–Trinajstić information content (AvgIpc) is 3.12. The van der Waals surface area contributed by atoms with Gasteiger partial charge in [-0.1, -0.05) is 12.1 Å². The lowest BCUT2D eigenvalue weighted by molar-refractivity contribution is -0.132. The number of anilines is 1. The molecule has 1 saturated heterocycles. The lowest BCUT2D eigenvalue weighted by Gasteiger charge is -2.33. The quantitative estimate of drug-likeness (QED) is 0.474. The highest BCUT2D eigenvalue weighted by molar-refractivity contribution is 9.11. The number of likely N-dealkylation sites (tertiary alicyclic amines) is 1. The van der Waals surface area contributed by atoms with Crippen LogP contribution in [0.25, 0.3) is 11.0 Å². The number of amides is 2. The summed E-state index contributed by atoms with van der Waals surface area (Å²) in [6.45, 7) is 1.06. The van der Waals surface area contributed by atoms with Gasteiger partial charge in [-0.05, 0) is 69.0 Å². The van der Waals surface area contributed by atoms with Crippen molar-refractivity contribution in [1.82, 2.24) is 19.4 Å². The third kappa shape index (κ3) is 4.33. The molecule has 8 nitrogen and oxygen atoms in total. The number of piperidine rings is 1. The maximum Gasteiger partial charge on any atom is 0.326 e. The number of imidazole rings is 1. The minimum absolute atomic E-state index is 0.0177. The number of nitrogen functional groups attached to an aromatic ring is 1. The number of fused-ring (bicyclic) bond motifs is 1. The van der Waals surface area contributed by atoms with Gasteiger partial charge in [-0.25, -0.2) is 4.79 Å². The number of carbonyl (C=O) groups is 2. The second-order valence-electron chi connectivity index (χ2n) is 7.94. The molecule has 4 rings (SSSR count). The molecule has 0 aliphatic carbocycles. The monoisotopic (exact) mass is 563 g/mol. The van der Waals surface area contributed by atoms with Gasteiger partial charge in [0, 0.05) is 40.7 Å². The van der Waals surface area contributed by atoms with Crippen LogP contribution in [0.15, 0.2) is 50.1 Å². The molecule has 168 valence electrons. The van der Waals surface area contributed by atoms with Crippen LogP contribution in [-0.4, -0.2) is 57.8 Å². The van der Waals surface area contributed by atoms with E-state index in [1.807, 2.05) is 24.3 Å². The summed E-state index contributed by atoms with van der Waals surface area (Å²) < 4.78 is 3.03. The lowest BCUT2D eigenvalue weighted by Crippen LogP contribution is -2.45. The summed E-state index contributed by atoms with van der Waals surface area (Å²) in [5.41, 5.74) is 8.41. The van der Waals surface area contributed by atoms with Gasteiger partial charge in [-0.3, -0.25) is 14.2 Å². The molecular weight excluding hydrogens is 542 g/mol. The van der Waals surface area contributed by atoms with Crippen LogP contribution in [0.4, 0.5) is 5.69 Å². The highest BCUT2D eigenvalue weighted by Gasteiger charge is 2.27. The summed E-state index contributed by atoms with van der Waals surface area (Å²) in [7, 11) is 1.61. The van der Waals surface area contributed by atoms with Crippen molar-refractivity contribution < 1.29 is 9.59 Å². The van der Waals surface area contributed by atoms with Crippen LogP contribution in [-0.2, 0) is 4.79 Å². The second kappa shape index (κ2) is 9.11. The van der Waals surface area contributed by atoms with Crippen molar-refractivity contribution in [2.24, 2.45) is 0 Å². The molecule has 1 fully saturated rings. The predicted octanol–water partition coefficient (Wildman–Crippen LogP) is 3.37. The Labute approximate surface area is 201 Å². The van der Waals surface area contributed by atoms with Gasteiger partial charge in [0.15, 0.2) is 0 Å². The summed E-state index contributed by atoms with van der Waals surface area (Å²) in [6, 6.07) is 10.9. The third-order valence-corrected chi connectivity index (χ3v) is 7.16. The number of carbonyl (C=O) groups excluding carboxylic acids is 2. The Kier molecular flexibility index (Phi) is 6.43. The van der Waals surface area contributed by atoms with E-state index in [1.54, 1.807) is 28.6 Å². The molecule has 3 aromatic rings. The van der Waals surface area contributed by atoms with Crippen LogP contribution >= 0.6 is 31.9 Å². The first kappa shape index (κ1) is 22.6. The van der Waals surface area contributed by atoms with Crippen LogP contribution in [0.1, 0.15) is 29.2 Å². The van der Waals surface area contributed by atoms with Gasteiger partial charge in [-0.2, -0.15) is 0 Å². The average molecular weight is 565 g/mol. The van der Waals surface area contributed by atoms with Gasteiger partial charge in [0.2, 0.25) is 5.91 Å². The molecule has 1 aliphatic rings. The molecule has 2 heterocycles. The van der Waals surface area contributed by atoms with E-state index in [1.165, 1.54) is 4.90 Å². The largest absolute Gasteiger partial charge is 0.397 e. The standard InChI is InChI=1S/C22H23Br2N5O3/c1-27(21(31)13-10-15(23)20(25)16(24)11-13)12-19(30)28-8-6-14(7-9-28)29-18-5-3-2-4-17(18)26-22(29)32/h2-5,10-11,14H,6-9,12,25H2,1H3,(H,26,32). The molecule has 2 amide bonds. The molecule has 0 saturated carbocycles. The summed E-state index contributed by atoms with van der Waals surface area (Å²) in [6.07, 6.45) is 1.37. The van der Waals surface area contributed by atoms with Crippen molar-refractivity contribution in [3.63, 3.8) is 0 Å². The van der Waals surface area contributed by atoms with Crippen molar-refractivity contribution in [3.8, 4) is 0 Å². The summed E-state index contributed by atoms with van der Waals surface area (Å²) >= 11 is 6.68. The predicted molar refractivity (Wildman–Crippen MR) is 131 cm³/mol. The highest BCUT2D eigenvalue weighted by atomic mass is 79.9. The number of hydrogen-bond acceptors (Lipinski definition) is 4. The Morgan fingerprint density at radius 1 is 1.16 bits per heavy atom. The fourth-order valence-corrected chi connectivity index (χ4v) is 5.30. The zero-order chi connectivity index (χ0) is 23.0. The third-order valence-electron chi connectivity index (χ3n) is 5.85. The molecule has 2 aromatic carbocycles. The number of aromatic nitrogens is 2. The van der Waals surface area contributed by atoms with E-state index in [0.29, 0.717) is 46.1 Å². The number of aromatic amines is 1. The van der Waals surface area contributed by atoms with E-state index in [9.17, 15) is 14.4 Å². The normalized spacial score (nSPS) is 14.7. The molecular formula is C22H23Br2N5O3. The topological polar surface area (TPSA) is 104 Å². The number of benzene rings is 2. The van der Waals surface area contributed by atoms with E-state index in [2.05, 4.69) is 36.8 Å². The molecule has 0 atom stereocenters. The zero-order valence-electron chi connectivity index (χ0n) is 17.5. The first-order valence-electron chi connectivity index (χ1n) is 10.2. The Hall–Kier alpha value is -2.59. The maximum atomic E-state index is 12.8. The van der Waals surface area contributed by atoms with Crippen molar-refractivity contribution in [2.75, 3.05) is 32.4 Å². The fraction of sp³-hybridized carbons (Fsp3) is 0.318. The molecule has 0 unspecified atom stereocenters. The number of halogens is 2. The number of nitrogens with one attached hydrogen (secondary N) is 1. The molecule has 1 aliphatic heterocycles. The fourth-order valence-electron chi connectivity index (χ4n) is 4.11. The van der Waals surface area contributed by atoms with Crippen molar-refractivity contribution >= 4 is 60.4 Å². The summed E-state index contributed by atoms with van der Waals surface area (Å²) in [4.78, 5) is 44.1. The Morgan fingerprint density at radius 2 is 1.78 bits per heavy atom. The summed E-state index contributed by atoms with van der Waals surface area (Å²) in [5, 5.41) is 0. The SMILES string of the molecule is CN(CC(=O)N1CCC(n2c(=O)[nH]c3ccccc32)CC1)C(=O)c1cc(Br)c(N)c(Br)c1. The van der Waals surface area contributed by atoms with Gasteiger partial charge >= 0.3 is 5.69 Å². The number of para-hydroxylation sites is 2. The number of nitrogens with zero attached hydrogens (tertiary/aromatic N) is 3. The maximum absolute atomic E-state index is 12.8. The molecule has 0 bridgehead atoms. The van der Waals surface area contributed by atoms with E-state index < -0.39 is 0 Å². The van der Waals surface area contributed by atoms with Crippen molar-refractivity contribution in [2.45, 2.75) is 18.9 Å². The molecule has 32 heavy (non-hydrogen) atoms. The van der Waals surface area contributed by atoms with Crippen LogP contribution < -0.4 is 11.4 Å². The second-order valence-corrected chi connectivity index (χ2v) is 9.65. The zero-order valence-corrected chi connectivity index (χ0v) is 20.6. The molecule has 10 heteroatoms. The lowest BCUT2D eigenvalue weighted by atomic mass is 10.0. The van der Waals surface area contributed by atoms with Crippen LogP contribution in [0.3, 0.4) is 0 Å². The van der Waals surface area contributed by atoms with E-state index in [0.717, 1.165) is 11.0 Å². The number of likely N-dealkylation sites (N-methyl/N-ethyl adjacent to an activating group) is 1. The van der Waals surface area contributed by atoms with Crippen molar-refractivity contribution in [1.29, 1.82) is 0 Å². The minimum Gasteiger partial charge on any atom is -0.397 e.